The van der Waals surface area contributed by atoms with E-state index in [1.54, 1.807) is 17.5 Å². The molecule has 3 aromatic heterocycles. The minimum atomic E-state index is 0.764. The van der Waals surface area contributed by atoms with Crippen LogP contribution in [0.5, 0.6) is 0 Å². The Hall–Kier alpha value is -2.08. The van der Waals surface area contributed by atoms with Crippen molar-refractivity contribution >= 4 is 28.6 Å². The summed E-state index contributed by atoms with van der Waals surface area (Å²) in [7, 11) is 1.86. The predicted octanol–water partition coefficient (Wildman–Crippen LogP) is 2.44. The largest absolute Gasteiger partial charge is 0.372 e. The van der Waals surface area contributed by atoms with Crippen molar-refractivity contribution < 1.29 is 0 Å². The van der Waals surface area contributed by atoms with Gasteiger partial charge in [-0.05, 0) is 11.4 Å². The van der Waals surface area contributed by atoms with E-state index in [1.807, 2.05) is 29.9 Å². The van der Waals surface area contributed by atoms with Crippen LogP contribution >= 0.6 is 11.3 Å². The highest BCUT2D eigenvalue weighted by atomic mass is 32.1. The Morgan fingerprint density at radius 3 is 3.17 bits per heavy atom. The lowest BCUT2D eigenvalue weighted by atomic mass is 10.4. The fraction of sp³-hybridized carbons (Fsp3) is 0.167. The van der Waals surface area contributed by atoms with Crippen LogP contribution in [0.2, 0.25) is 0 Å². The molecule has 0 fully saturated rings. The van der Waals surface area contributed by atoms with Gasteiger partial charge in [-0.1, -0.05) is 6.07 Å². The lowest BCUT2D eigenvalue weighted by Crippen LogP contribution is -2.05. The molecule has 0 saturated heterocycles. The van der Waals surface area contributed by atoms with Crippen molar-refractivity contribution in [3.8, 4) is 0 Å². The Balaban J connectivity index is 1.92. The molecule has 0 radical (unpaired) electrons. The van der Waals surface area contributed by atoms with Crippen LogP contribution in [0.1, 0.15) is 4.88 Å². The first-order valence-electron chi connectivity index (χ1n) is 5.64. The molecule has 6 heteroatoms. The van der Waals surface area contributed by atoms with Gasteiger partial charge in [0.05, 0.1) is 12.7 Å². The van der Waals surface area contributed by atoms with Gasteiger partial charge in [-0.25, -0.2) is 9.97 Å². The Morgan fingerprint density at radius 1 is 1.44 bits per heavy atom. The van der Waals surface area contributed by atoms with Crippen LogP contribution in [0.3, 0.4) is 0 Å². The number of anilines is 2. The maximum absolute atomic E-state index is 4.49. The van der Waals surface area contributed by atoms with E-state index in [-0.39, 0.29) is 0 Å². The number of rotatable bonds is 4. The molecule has 18 heavy (non-hydrogen) atoms. The molecule has 0 saturated carbocycles. The quantitative estimate of drug-likeness (QED) is 0.755. The maximum Gasteiger partial charge on any atom is 0.180 e. The summed E-state index contributed by atoms with van der Waals surface area (Å²) >= 11 is 1.73. The molecule has 0 atom stereocenters. The molecule has 0 aliphatic rings. The number of aromatic nitrogens is 3. The van der Waals surface area contributed by atoms with Gasteiger partial charge in [-0.3, -0.25) is 0 Å². The molecule has 0 aromatic carbocycles. The molecule has 0 spiro atoms. The fourth-order valence-electron chi connectivity index (χ4n) is 1.75. The van der Waals surface area contributed by atoms with Crippen molar-refractivity contribution in [2.24, 2.45) is 0 Å². The lowest BCUT2D eigenvalue weighted by molar-refractivity contribution is 1.08. The second-order valence-electron chi connectivity index (χ2n) is 3.82. The average molecular weight is 259 g/mol. The van der Waals surface area contributed by atoms with Crippen LogP contribution in [0.15, 0.2) is 36.1 Å². The highest BCUT2D eigenvalue weighted by Crippen LogP contribution is 2.18. The molecule has 5 nitrogen and oxygen atoms in total. The summed E-state index contributed by atoms with van der Waals surface area (Å²) in [6, 6.07) is 4.15. The van der Waals surface area contributed by atoms with E-state index in [2.05, 4.69) is 32.0 Å². The van der Waals surface area contributed by atoms with Gasteiger partial charge in [0, 0.05) is 24.3 Å². The average Bonchev–Trinajstić information content (AvgIpc) is 3.06. The molecule has 3 rings (SSSR count). The molecule has 0 aliphatic carbocycles. The SMILES string of the molecule is CNc1cn2ccnc2c(NCc2cccs2)n1. The topological polar surface area (TPSA) is 54.2 Å². The van der Waals surface area contributed by atoms with Crippen LogP contribution in [-0.2, 0) is 6.54 Å². The summed E-state index contributed by atoms with van der Waals surface area (Å²) < 4.78 is 1.95. The predicted molar refractivity (Wildman–Crippen MR) is 74.2 cm³/mol. The highest BCUT2D eigenvalue weighted by Gasteiger charge is 2.06. The third-order valence-electron chi connectivity index (χ3n) is 2.64. The van der Waals surface area contributed by atoms with Crippen molar-refractivity contribution in [1.82, 2.24) is 14.4 Å². The zero-order valence-electron chi connectivity index (χ0n) is 9.92. The summed E-state index contributed by atoms with van der Waals surface area (Å²) in [5, 5.41) is 8.44. The second-order valence-corrected chi connectivity index (χ2v) is 4.85. The third kappa shape index (κ3) is 2.02. The molecule has 0 unspecified atom stereocenters. The van der Waals surface area contributed by atoms with Gasteiger partial charge in [-0.15, -0.1) is 11.3 Å². The van der Waals surface area contributed by atoms with Gasteiger partial charge in [0.25, 0.3) is 0 Å². The molecular formula is C12H13N5S. The molecule has 3 heterocycles. The van der Waals surface area contributed by atoms with Crippen molar-refractivity contribution in [2.45, 2.75) is 6.54 Å². The Bertz CT molecular complexity index is 644. The van der Waals surface area contributed by atoms with Crippen molar-refractivity contribution in [3.05, 3.63) is 41.0 Å². The molecule has 0 amide bonds. The van der Waals surface area contributed by atoms with E-state index >= 15 is 0 Å². The normalized spacial score (nSPS) is 10.7. The zero-order chi connectivity index (χ0) is 12.4. The molecule has 92 valence electrons. The maximum atomic E-state index is 4.49. The van der Waals surface area contributed by atoms with Crippen LogP contribution in [0.4, 0.5) is 11.6 Å². The number of hydrogen-bond acceptors (Lipinski definition) is 5. The van der Waals surface area contributed by atoms with Gasteiger partial charge in [0.1, 0.15) is 5.82 Å². The number of nitrogens with zero attached hydrogens (tertiary/aromatic N) is 3. The smallest absolute Gasteiger partial charge is 0.180 e. The Kier molecular flexibility index (Phi) is 2.85. The first-order chi connectivity index (χ1) is 8.86. The first kappa shape index (κ1) is 11.0. The molecule has 0 aliphatic heterocycles. The number of hydrogen-bond donors (Lipinski definition) is 2. The van der Waals surface area contributed by atoms with E-state index in [0.29, 0.717) is 0 Å². The fourth-order valence-corrected chi connectivity index (χ4v) is 2.40. The summed E-state index contributed by atoms with van der Waals surface area (Å²) in [5.41, 5.74) is 0.838. The number of thiophene rings is 1. The van der Waals surface area contributed by atoms with Crippen LogP contribution in [-0.4, -0.2) is 21.4 Å². The van der Waals surface area contributed by atoms with Crippen molar-refractivity contribution in [3.63, 3.8) is 0 Å². The van der Waals surface area contributed by atoms with Gasteiger partial charge in [-0.2, -0.15) is 0 Å². The second kappa shape index (κ2) is 4.66. The highest BCUT2D eigenvalue weighted by molar-refractivity contribution is 7.09. The summed E-state index contributed by atoms with van der Waals surface area (Å²) in [5.74, 6) is 1.61. The molecule has 0 bridgehead atoms. The van der Waals surface area contributed by atoms with Crippen LogP contribution < -0.4 is 10.6 Å². The van der Waals surface area contributed by atoms with E-state index in [0.717, 1.165) is 23.8 Å². The first-order valence-corrected chi connectivity index (χ1v) is 6.52. The van der Waals surface area contributed by atoms with Crippen molar-refractivity contribution in [2.75, 3.05) is 17.7 Å². The minimum Gasteiger partial charge on any atom is -0.372 e. The summed E-state index contributed by atoms with van der Waals surface area (Å²) in [6.07, 6.45) is 5.60. The monoisotopic (exact) mass is 259 g/mol. The van der Waals surface area contributed by atoms with E-state index in [1.165, 1.54) is 4.88 Å². The van der Waals surface area contributed by atoms with Gasteiger partial charge < -0.3 is 15.0 Å². The summed E-state index contributed by atoms with van der Waals surface area (Å²) in [4.78, 5) is 10.1. The number of imidazole rings is 1. The minimum absolute atomic E-state index is 0.764. The Morgan fingerprint density at radius 2 is 2.39 bits per heavy atom. The van der Waals surface area contributed by atoms with Crippen LogP contribution in [0.25, 0.3) is 5.65 Å². The van der Waals surface area contributed by atoms with Gasteiger partial charge in [0.15, 0.2) is 11.5 Å². The van der Waals surface area contributed by atoms with E-state index in [9.17, 15) is 0 Å². The summed E-state index contributed by atoms with van der Waals surface area (Å²) in [6.45, 7) is 0.764. The molecular weight excluding hydrogens is 246 g/mol. The van der Waals surface area contributed by atoms with Gasteiger partial charge in [0.2, 0.25) is 0 Å². The van der Waals surface area contributed by atoms with Gasteiger partial charge >= 0.3 is 0 Å². The molecule has 2 N–H and O–H groups in total. The third-order valence-corrected chi connectivity index (χ3v) is 3.52. The Labute approximate surface area is 109 Å². The van der Waals surface area contributed by atoms with E-state index in [4.69, 9.17) is 0 Å². The van der Waals surface area contributed by atoms with Crippen molar-refractivity contribution in [1.29, 1.82) is 0 Å². The standard InChI is InChI=1S/C12H13N5S/c1-13-10-8-17-5-4-14-12(17)11(16-10)15-7-9-3-2-6-18-9/h2-6,8,13H,7H2,1H3,(H,15,16). The lowest BCUT2D eigenvalue weighted by Gasteiger charge is -2.08. The van der Waals surface area contributed by atoms with Crippen LogP contribution in [0, 0.1) is 0 Å². The van der Waals surface area contributed by atoms with E-state index < -0.39 is 0 Å². The number of nitrogens with one attached hydrogen (secondary N) is 2. The number of fused-ring (bicyclic) bond motifs is 1. The zero-order valence-corrected chi connectivity index (χ0v) is 10.7. The molecule has 3 aromatic rings.